The van der Waals surface area contributed by atoms with Crippen LogP contribution in [0.3, 0.4) is 0 Å². The molecular formula is C21H25ClN10S. The molecule has 0 atom stereocenters. The molecule has 10 nitrogen and oxygen atoms in total. The van der Waals surface area contributed by atoms with Gasteiger partial charge >= 0.3 is 0 Å². The second-order valence-corrected chi connectivity index (χ2v) is 8.77. The van der Waals surface area contributed by atoms with Gasteiger partial charge in [0.2, 0.25) is 17.8 Å². The predicted octanol–water partition coefficient (Wildman–Crippen LogP) is 1.58. The number of hydrogen-bond donors (Lipinski definition) is 3. The molecule has 4 N–H and O–H groups in total. The highest BCUT2D eigenvalue weighted by Crippen LogP contribution is 2.28. The monoisotopic (exact) mass is 484 g/mol. The Hall–Kier alpha value is -3.02. The Kier molecular flexibility index (Phi) is 6.25. The first-order chi connectivity index (χ1) is 16.1. The number of halogens is 1. The molecule has 12 heteroatoms. The van der Waals surface area contributed by atoms with Crippen LogP contribution >= 0.6 is 23.8 Å². The summed E-state index contributed by atoms with van der Waals surface area (Å²) in [6, 6.07) is 7.87. The molecule has 172 valence electrons. The molecular weight excluding hydrogens is 460 g/mol. The Labute approximate surface area is 202 Å². The zero-order valence-electron chi connectivity index (χ0n) is 18.0. The van der Waals surface area contributed by atoms with Gasteiger partial charge < -0.3 is 31.1 Å². The van der Waals surface area contributed by atoms with Gasteiger partial charge in [-0.05, 0) is 36.5 Å². The topological polar surface area (TPSA) is 111 Å². The van der Waals surface area contributed by atoms with Gasteiger partial charge in [-0.3, -0.25) is 4.98 Å². The molecule has 2 aliphatic heterocycles. The Bertz CT molecular complexity index is 1160. The van der Waals surface area contributed by atoms with E-state index in [9.17, 15) is 0 Å². The Balaban J connectivity index is 1.24. The lowest BCUT2D eigenvalue weighted by molar-refractivity contribution is 0.391. The second kappa shape index (κ2) is 9.46. The fourth-order valence-corrected chi connectivity index (χ4v) is 4.59. The minimum Gasteiger partial charge on any atom is -0.368 e. The van der Waals surface area contributed by atoms with Crippen molar-refractivity contribution >= 4 is 63.4 Å². The Morgan fingerprint density at radius 1 is 1.00 bits per heavy atom. The first-order valence-electron chi connectivity index (χ1n) is 10.9. The van der Waals surface area contributed by atoms with Crippen LogP contribution in [0.25, 0.3) is 10.9 Å². The lowest BCUT2D eigenvalue weighted by Gasteiger charge is -2.37. The number of nitrogens with one attached hydrogen (secondary N) is 2. The molecule has 0 unspecified atom stereocenters. The van der Waals surface area contributed by atoms with Gasteiger partial charge in [0.25, 0.3) is 0 Å². The maximum atomic E-state index is 6.13. The molecule has 0 amide bonds. The minimum absolute atomic E-state index is 0.179. The van der Waals surface area contributed by atoms with Crippen LogP contribution in [0.15, 0.2) is 30.5 Å². The molecule has 33 heavy (non-hydrogen) atoms. The van der Waals surface area contributed by atoms with E-state index in [0.29, 0.717) is 22.0 Å². The number of nitrogen functional groups attached to an aromatic ring is 1. The SMILES string of the molecule is Nc1nc(NC(=S)N2CCN(c3ccnc4cc(Cl)ccc34)CC2)nc(N2CCNCC2)n1. The van der Waals surface area contributed by atoms with Crippen LogP contribution in [0.2, 0.25) is 5.02 Å². The van der Waals surface area contributed by atoms with E-state index in [1.54, 1.807) is 0 Å². The van der Waals surface area contributed by atoms with Gasteiger partial charge in [0, 0.05) is 74.7 Å². The molecule has 5 rings (SSSR count). The van der Waals surface area contributed by atoms with Gasteiger partial charge in [-0.2, -0.15) is 15.0 Å². The van der Waals surface area contributed by atoms with Crippen molar-refractivity contribution in [2.75, 3.05) is 73.2 Å². The highest BCUT2D eigenvalue weighted by Gasteiger charge is 2.22. The van der Waals surface area contributed by atoms with E-state index in [1.165, 1.54) is 0 Å². The van der Waals surface area contributed by atoms with Crippen LogP contribution < -0.4 is 26.2 Å². The molecule has 0 aliphatic carbocycles. The number of benzene rings is 1. The molecule has 2 aromatic heterocycles. The smallest absolute Gasteiger partial charge is 0.235 e. The van der Waals surface area contributed by atoms with E-state index in [2.05, 4.69) is 45.3 Å². The summed E-state index contributed by atoms with van der Waals surface area (Å²) >= 11 is 11.8. The molecule has 1 aromatic carbocycles. The lowest BCUT2D eigenvalue weighted by atomic mass is 10.1. The number of piperazine rings is 2. The molecule has 0 saturated carbocycles. The molecule has 2 aliphatic rings. The number of nitrogens with two attached hydrogens (primary N) is 1. The number of pyridine rings is 1. The molecule has 0 bridgehead atoms. The molecule has 2 fully saturated rings. The fourth-order valence-electron chi connectivity index (χ4n) is 4.15. The first-order valence-corrected chi connectivity index (χ1v) is 11.7. The van der Waals surface area contributed by atoms with E-state index in [-0.39, 0.29) is 5.95 Å². The normalized spacial score (nSPS) is 16.8. The van der Waals surface area contributed by atoms with Crippen LogP contribution in [-0.4, -0.2) is 82.3 Å². The third-order valence-corrected chi connectivity index (χ3v) is 6.44. The van der Waals surface area contributed by atoms with Crippen molar-refractivity contribution in [3.63, 3.8) is 0 Å². The summed E-state index contributed by atoms with van der Waals surface area (Å²) in [5.41, 5.74) is 7.99. The average Bonchev–Trinajstić information content (AvgIpc) is 2.84. The van der Waals surface area contributed by atoms with Crippen LogP contribution in [0.5, 0.6) is 0 Å². The molecule has 2 saturated heterocycles. The fraction of sp³-hybridized carbons (Fsp3) is 0.381. The quantitative estimate of drug-likeness (QED) is 0.471. The van der Waals surface area contributed by atoms with Gasteiger partial charge in [-0.15, -0.1) is 0 Å². The van der Waals surface area contributed by atoms with Crippen LogP contribution in [-0.2, 0) is 0 Å². The third kappa shape index (κ3) is 4.85. The van der Waals surface area contributed by atoms with Gasteiger partial charge in [0.05, 0.1) is 5.52 Å². The maximum absolute atomic E-state index is 6.13. The third-order valence-electron chi connectivity index (χ3n) is 5.85. The number of nitrogens with zero attached hydrogens (tertiary/aromatic N) is 7. The first kappa shape index (κ1) is 21.8. The zero-order valence-corrected chi connectivity index (χ0v) is 19.6. The van der Waals surface area contributed by atoms with E-state index in [1.807, 2.05) is 30.5 Å². The standard InChI is InChI=1S/C21H25ClN10S/c22-14-1-2-15-16(13-14)25-4-3-17(15)30-9-11-32(12-10-30)21(33)29-19-26-18(23)27-20(28-19)31-7-5-24-6-8-31/h1-4,13,24H,5-12H2,(H3,23,26,27,28,29,33). The summed E-state index contributed by atoms with van der Waals surface area (Å²) in [6.07, 6.45) is 1.83. The number of hydrogen-bond acceptors (Lipinski definition) is 9. The van der Waals surface area contributed by atoms with Gasteiger partial charge in [-0.25, -0.2) is 0 Å². The largest absolute Gasteiger partial charge is 0.368 e. The van der Waals surface area contributed by atoms with Crippen LogP contribution in [0.4, 0.5) is 23.5 Å². The van der Waals surface area contributed by atoms with Crippen molar-refractivity contribution in [2.45, 2.75) is 0 Å². The van der Waals surface area contributed by atoms with Gasteiger partial charge in [-0.1, -0.05) is 11.6 Å². The summed E-state index contributed by atoms with van der Waals surface area (Å²) < 4.78 is 0. The van der Waals surface area contributed by atoms with E-state index in [4.69, 9.17) is 29.6 Å². The number of thiocarbonyl (C=S) groups is 1. The van der Waals surface area contributed by atoms with Gasteiger partial charge in [0.1, 0.15) is 0 Å². The molecule has 0 spiro atoms. The average molecular weight is 485 g/mol. The Morgan fingerprint density at radius 3 is 2.58 bits per heavy atom. The van der Waals surface area contributed by atoms with E-state index in [0.717, 1.165) is 68.9 Å². The lowest BCUT2D eigenvalue weighted by Crippen LogP contribution is -2.50. The van der Waals surface area contributed by atoms with E-state index >= 15 is 0 Å². The summed E-state index contributed by atoms with van der Waals surface area (Å²) in [5, 5.41) is 8.83. The van der Waals surface area contributed by atoms with Crippen molar-refractivity contribution in [2.24, 2.45) is 0 Å². The number of rotatable bonds is 3. The second-order valence-electron chi connectivity index (χ2n) is 7.95. The molecule has 3 aromatic rings. The van der Waals surface area contributed by atoms with E-state index < -0.39 is 0 Å². The summed E-state index contributed by atoms with van der Waals surface area (Å²) in [7, 11) is 0. The van der Waals surface area contributed by atoms with Crippen LogP contribution in [0, 0.1) is 0 Å². The molecule has 4 heterocycles. The summed E-state index contributed by atoms with van der Waals surface area (Å²) in [5.74, 6) is 1.13. The maximum Gasteiger partial charge on any atom is 0.235 e. The highest BCUT2D eigenvalue weighted by atomic mass is 35.5. The van der Waals surface area contributed by atoms with Crippen molar-refractivity contribution in [3.8, 4) is 0 Å². The highest BCUT2D eigenvalue weighted by molar-refractivity contribution is 7.80. The van der Waals surface area contributed by atoms with Crippen molar-refractivity contribution < 1.29 is 0 Å². The zero-order chi connectivity index (χ0) is 22.8. The van der Waals surface area contributed by atoms with Crippen molar-refractivity contribution in [1.82, 2.24) is 30.2 Å². The Morgan fingerprint density at radius 2 is 1.79 bits per heavy atom. The minimum atomic E-state index is 0.179. The molecule has 0 radical (unpaired) electrons. The van der Waals surface area contributed by atoms with Gasteiger partial charge in [0.15, 0.2) is 5.11 Å². The summed E-state index contributed by atoms with van der Waals surface area (Å²) in [6.45, 7) is 6.62. The van der Waals surface area contributed by atoms with Crippen molar-refractivity contribution in [3.05, 3.63) is 35.5 Å². The number of fused-ring (bicyclic) bond motifs is 1. The predicted molar refractivity (Wildman–Crippen MR) is 136 cm³/mol. The summed E-state index contributed by atoms with van der Waals surface area (Å²) in [4.78, 5) is 24.1. The van der Waals surface area contributed by atoms with Crippen LogP contribution in [0.1, 0.15) is 0 Å². The number of aromatic nitrogens is 4. The number of anilines is 4. The van der Waals surface area contributed by atoms with Crippen molar-refractivity contribution in [1.29, 1.82) is 0 Å².